The number of hydrogen-bond acceptors (Lipinski definition) is 6. The number of amides is 1. The Morgan fingerprint density at radius 2 is 2.07 bits per heavy atom. The zero-order chi connectivity index (χ0) is 21.3. The fourth-order valence-electron chi connectivity index (χ4n) is 2.87. The SMILES string of the molecule is CCC(O)c1cnc(-c2ccc(C(=O)Nc3nc4cc(F)ccc4s3)nc2)c(Cl)c1. The second kappa shape index (κ2) is 8.43. The molecule has 4 aromatic rings. The van der Waals surface area contributed by atoms with Crippen LogP contribution in [0.15, 0.2) is 48.8 Å². The third-order valence-electron chi connectivity index (χ3n) is 4.47. The van der Waals surface area contributed by atoms with Gasteiger partial charge in [-0.3, -0.25) is 20.1 Å². The summed E-state index contributed by atoms with van der Waals surface area (Å²) in [5.41, 5.74) is 2.47. The molecule has 0 aliphatic carbocycles. The molecule has 0 fully saturated rings. The van der Waals surface area contributed by atoms with Crippen molar-refractivity contribution in [2.24, 2.45) is 0 Å². The minimum absolute atomic E-state index is 0.193. The molecule has 152 valence electrons. The van der Waals surface area contributed by atoms with Crippen LogP contribution < -0.4 is 5.32 Å². The molecule has 6 nitrogen and oxygen atoms in total. The second-order valence-corrected chi connectivity index (χ2v) is 7.98. The number of carbonyl (C=O) groups excluding carboxylic acids is 1. The van der Waals surface area contributed by atoms with Gasteiger partial charge in [-0.2, -0.15) is 0 Å². The van der Waals surface area contributed by atoms with Crippen LogP contribution in [0.1, 0.15) is 35.5 Å². The lowest BCUT2D eigenvalue weighted by Gasteiger charge is -2.10. The van der Waals surface area contributed by atoms with E-state index in [0.717, 1.165) is 4.70 Å². The number of halogens is 2. The lowest BCUT2D eigenvalue weighted by atomic mass is 10.1. The van der Waals surface area contributed by atoms with E-state index in [1.54, 1.807) is 30.5 Å². The monoisotopic (exact) mass is 442 g/mol. The number of carbonyl (C=O) groups is 1. The van der Waals surface area contributed by atoms with E-state index in [1.165, 1.54) is 29.7 Å². The van der Waals surface area contributed by atoms with Gasteiger partial charge in [0.05, 0.1) is 27.0 Å². The van der Waals surface area contributed by atoms with Crippen LogP contribution in [0.3, 0.4) is 0 Å². The number of benzene rings is 1. The Labute approximate surface area is 180 Å². The molecule has 0 bridgehead atoms. The average molecular weight is 443 g/mol. The van der Waals surface area contributed by atoms with Crippen LogP contribution >= 0.6 is 22.9 Å². The highest BCUT2D eigenvalue weighted by Gasteiger charge is 2.14. The predicted octanol–water partition coefficient (Wildman–Crippen LogP) is 5.24. The summed E-state index contributed by atoms with van der Waals surface area (Å²) in [5, 5.41) is 13.3. The third kappa shape index (κ3) is 4.16. The van der Waals surface area contributed by atoms with Gasteiger partial charge >= 0.3 is 0 Å². The van der Waals surface area contributed by atoms with Gasteiger partial charge in [-0.05, 0) is 36.8 Å². The van der Waals surface area contributed by atoms with Crippen LogP contribution in [0.2, 0.25) is 5.02 Å². The van der Waals surface area contributed by atoms with E-state index in [1.807, 2.05) is 6.92 Å². The van der Waals surface area contributed by atoms with Gasteiger partial charge < -0.3 is 5.11 Å². The van der Waals surface area contributed by atoms with Crippen molar-refractivity contribution in [3.63, 3.8) is 0 Å². The van der Waals surface area contributed by atoms with Crippen LogP contribution in [0.5, 0.6) is 0 Å². The van der Waals surface area contributed by atoms with E-state index in [4.69, 9.17) is 11.6 Å². The molecule has 0 aliphatic heterocycles. The number of thiazole rings is 1. The zero-order valence-corrected chi connectivity index (χ0v) is 17.3. The number of rotatable bonds is 5. The van der Waals surface area contributed by atoms with Gasteiger partial charge in [-0.25, -0.2) is 9.37 Å². The molecule has 0 aliphatic rings. The van der Waals surface area contributed by atoms with Gasteiger partial charge in [0.15, 0.2) is 5.13 Å². The molecule has 1 unspecified atom stereocenters. The smallest absolute Gasteiger partial charge is 0.276 e. The van der Waals surface area contributed by atoms with E-state index < -0.39 is 12.0 Å². The molecule has 1 atom stereocenters. The molecule has 0 radical (unpaired) electrons. The quantitative estimate of drug-likeness (QED) is 0.441. The van der Waals surface area contributed by atoms with E-state index in [-0.39, 0.29) is 11.5 Å². The predicted molar refractivity (Wildman–Crippen MR) is 115 cm³/mol. The van der Waals surface area contributed by atoms with Crippen molar-refractivity contribution in [3.8, 4) is 11.3 Å². The summed E-state index contributed by atoms with van der Waals surface area (Å²) in [7, 11) is 0. The molecule has 0 saturated heterocycles. The lowest BCUT2D eigenvalue weighted by molar-refractivity contribution is 0.102. The summed E-state index contributed by atoms with van der Waals surface area (Å²) in [6.07, 6.45) is 3.03. The standard InChI is InChI=1S/C21H16ClFN4O2S/c1-2-17(28)12-7-14(22)19(25-10-12)11-3-5-15(24-9-11)20(29)27-21-26-16-8-13(23)4-6-18(16)30-21/h3-10,17,28H,2H2,1H3,(H,26,27,29). The molecular weight excluding hydrogens is 427 g/mol. The maximum atomic E-state index is 13.3. The number of pyridine rings is 2. The molecule has 30 heavy (non-hydrogen) atoms. The highest BCUT2D eigenvalue weighted by Crippen LogP contribution is 2.29. The van der Waals surface area contributed by atoms with Crippen molar-refractivity contribution in [1.82, 2.24) is 15.0 Å². The number of aliphatic hydroxyl groups is 1. The topological polar surface area (TPSA) is 88.0 Å². The minimum atomic E-state index is -0.618. The molecule has 0 spiro atoms. The van der Waals surface area contributed by atoms with E-state index in [0.29, 0.717) is 38.9 Å². The third-order valence-corrected chi connectivity index (χ3v) is 5.71. The first-order valence-corrected chi connectivity index (χ1v) is 10.3. The summed E-state index contributed by atoms with van der Waals surface area (Å²) in [6.45, 7) is 1.87. The van der Waals surface area contributed by atoms with Crippen LogP contribution in [-0.2, 0) is 0 Å². The molecule has 2 N–H and O–H groups in total. The van der Waals surface area contributed by atoms with Crippen LogP contribution in [0.4, 0.5) is 9.52 Å². The highest BCUT2D eigenvalue weighted by molar-refractivity contribution is 7.22. The van der Waals surface area contributed by atoms with Crippen molar-refractivity contribution in [1.29, 1.82) is 0 Å². The van der Waals surface area contributed by atoms with Gasteiger partial charge in [0.2, 0.25) is 0 Å². The molecule has 9 heteroatoms. The van der Waals surface area contributed by atoms with Gasteiger partial charge in [0.25, 0.3) is 5.91 Å². The van der Waals surface area contributed by atoms with Crippen LogP contribution in [0.25, 0.3) is 21.5 Å². The number of aliphatic hydroxyl groups excluding tert-OH is 1. The molecule has 3 aromatic heterocycles. The lowest BCUT2D eigenvalue weighted by Crippen LogP contribution is -2.13. The summed E-state index contributed by atoms with van der Waals surface area (Å²) in [4.78, 5) is 25.2. The minimum Gasteiger partial charge on any atom is -0.388 e. The van der Waals surface area contributed by atoms with Gasteiger partial charge in [-0.15, -0.1) is 0 Å². The van der Waals surface area contributed by atoms with Crippen LogP contribution in [0, 0.1) is 5.82 Å². The normalized spacial score (nSPS) is 12.1. The Morgan fingerprint density at radius 3 is 2.77 bits per heavy atom. The van der Waals surface area contributed by atoms with E-state index in [9.17, 15) is 14.3 Å². The van der Waals surface area contributed by atoms with E-state index >= 15 is 0 Å². The number of aromatic nitrogens is 3. The maximum absolute atomic E-state index is 13.3. The Morgan fingerprint density at radius 1 is 1.23 bits per heavy atom. The largest absolute Gasteiger partial charge is 0.388 e. The summed E-state index contributed by atoms with van der Waals surface area (Å²) in [6, 6.07) is 9.21. The maximum Gasteiger partial charge on any atom is 0.276 e. The summed E-state index contributed by atoms with van der Waals surface area (Å²) >= 11 is 7.56. The van der Waals surface area contributed by atoms with Crippen molar-refractivity contribution >= 4 is 44.2 Å². The average Bonchev–Trinajstić information content (AvgIpc) is 3.14. The molecule has 1 amide bonds. The summed E-state index contributed by atoms with van der Waals surface area (Å²) < 4.78 is 14.1. The first-order chi connectivity index (χ1) is 14.4. The molecule has 1 aromatic carbocycles. The molecule has 4 rings (SSSR count). The Balaban J connectivity index is 1.52. The van der Waals surface area contributed by atoms with Crippen LogP contribution in [-0.4, -0.2) is 26.0 Å². The molecular formula is C21H16ClFN4O2S. The first-order valence-electron chi connectivity index (χ1n) is 9.12. The number of nitrogens with zero attached hydrogens (tertiary/aromatic N) is 3. The van der Waals surface area contributed by atoms with Crippen molar-refractivity contribution in [2.45, 2.75) is 19.4 Å². The number of anilines is 1. The summed E-state index contributed by atoms with van der Waals surface area (Å²) in [5.74, 6) is -0.811. The Bertz CT molecular complexity index is 1230. The van der Waals surface area contributed by atoms with Crippen molar-refractivity contribution in [3.05, 3.63) is 70.9 Å². The number of hydrogen-bond donors (Lipinski definition) is 2. The molecule has 3 heterocycles. The fraction of sp³-hybridized carbons (Fsp3) is 0.143. The highest BCUT2D eigenvalue weighted by atomic mass is 35.5. The van der Waals surface area contributed by atoms with Gasteiger partial charge in [-0.1, -0.05) is 29.9 Å². The Kier molecular flexibility index (Phi) is 5.72. The van der Waals surface area contributed by atoms with Crippen molar-refractivity contribution in [2.75, 3.05) is 5.32 Å². The number of nitrogens with one attached hydrogen (secondary N) is 1. The van der Waals surface area contributed by atoms with Crippen molar-refractivity contribution < 1.29 is 14.3 Å². The first kappa shape index (κ1) is 20.3. The zero-order valence-electron chi connectivity index (χ0n) is 15.8. The molecule has 0 saturated carbocycles. The number of fused-ring (bicyclic) bond motifs is 1. The fourth-order valence-corrected chi connectivity index (χ4v) is 3.99. The Hall–Kier alpha value is -2.94. The van der Waals surface area contributed by atoms with Gasteiger partial charge in [0, 0.05) is 29.6 Å². The van der Waals surface area contributed by atoms with E-state index in [2.05, 4.69) is 20.3 Å². The second-order valence-electron chi connectivity index (χ2n) is 6.54. The van der Waals surface area contributed by atoms with Gasteiger partial charge in [0.1, 0.15) is 11.5 Å².